The summed E-state index contributed by atoms with van der Waals surface area (Å²) in [6, 6.07) is 7.92. The van der Waals surface area contributed by atoms with Crippen LogP contribution in [0.4, 0.5) is 0 Å². The first-order valence-corrected chi connectivity index (χ1v) is 9.51. The number of hydrogen-bond acceptors (Lipinski definition) is 11. The molecule has 0 saturated carbocycles. The van der Waals surface area contributed by atoms with Gasteiger partial charge in [-0.15, -0.1) is 0 Å². The van der Waals surface area contributed by atoms with Crippen molar-refractivity contribution in [2.45, 2.75) is 30.7 Å². The third-order valence-electron chi connectivity index (χ3n) is 5.18. The molecule has 1 aromatic heterocycles. The van der Waals surface area contributed by atoms with Crippen molar-refractivity contribution in [1.29, 1.82) is 0 Å². The van der Waals surface area contributed by atoms with Crippen LogP contribution in [0.3, 0.4) is 0 Å². The number of aliphatic hydroxyl groups is 4. The van der Waals surface area contributed by atoms with Crippen LogP contribution in [0, 0.1) is 0 Å². The van der Waals surface area contributed by atoms with E-state index in [0.717, 1.165) is 12.1 Å². The zero-order chi connectivity index (χ0) is 23.2. The maximum Gasteiger partial charge on any atom is 0.229 e. The highest BCUT2D eigenvalue weighted by Crippen LogP contribution is 2.42. The van der Waals surface area contributed by atoms with Crippen molar-refractivity contribution >= 4 is 11.0 Å². The second kappa shape index (κ2) is 8.30. The van der Waals surface area contributed by atoms with Gasteiger partial charge in [-0.25, -0.2) is 0 Å². The summed E-state index contributed by atoms with van der Waals surface area (Å²) in [5, 5.41) is 69.9. The Hall–Kier alpha value is -3.35. The summed E-state index contributed by atoms with van der Waals surface area (Å²) >= 11 is 0. The van der Waals surface area contributed by atoms with E-state index in [4.69, 9.17) is 13.9 Å². The van der Waals surface area contributed by atoms with Gasteiger partial charge >= 0.3 is 0 Å². The lowest BCUT2D eigenvalue weighted by Gasteiger charge is -2.39. The van der Waals surface area contributed by atoms with Gasteiger partial charge in [-0.05, 0) is 12.1 Å². The molecule has 4 rings (SSSR count). The molecule has 11 nitrogen and oxygen atoms in total. The fourth-order valence-corrected chi connectivity index (χ4v) is 3.47. The Morgan fingerprint density at radius 3 is 2.34 bits per heavy atom. The highest BCUT2D eigenvalue weighted by molar-refractivity contribution is 5.91. The van der Waals surface area contributed by atoms with Gasteiger partial charge in [0.2, 0.25) is 12.0 Å². The van der Waals surface area contributed by atoms with Crippen LogP contribution in [0.5, 0.6) is 23.0 Å². The van der Waals surface area contributed by atoms with Crippen molar-refractivity contribution in [1.82, 2.24) is 0 Å². The molecule has 0 aliphatic carbocycles. The normalized spacial score (nSPS) is 25.7. The topological polar surface area (TPSA) is 190 Å². The molecule has 0 spiro atoms. The van der Waals surface area contributed by atoms with Gasteiger partial charge in [-0.2, -0.15) is 0 Å². The standard InChI is InChI=1S/C21H20O11/c22-7-14-16(26)18(28)19(29)21(32-14)31-13-6-11(25)15-10(24)5-12(30-20(15)17(13)27)8-3-1-2-4-9(8)23/h1-6,14,16,18-19,21-23,25-29H,7H2/t14-,16-,18+,19-,21-/m1/s1. The largest absolute Gasteiger partial charge is 0.507 e. The summed E-state index contributed by atoms with van der Waals surface area (Å²) in [5.74, 6) is -2.11. The SMILES string of the molecule is O=c1cc(-c2ccccc2O)oc2c(O)c(O[C@@H]3O[C@H](CO)[C@@H](O)[C@H](O)[C@H]3O)cc(O)c12. The Labute approximate surface area is 179 Å². The van der Waals surface area contributed by atoms with Crippen LogP contribution in [-0.2, 0) is 4.74 Å². The van der Waals surface area contributed by atoms with Crippen LogP contribution < -0.4 is 10.2 Å². The maximum atomic E-state index is 12.6. The number of phenolic OH excluding ortho intramolecular Hbond substituents is 3. The number of fused-ring (bicyclic) bond motifs is 1. The van der Waals surface area contributed by atoms with E-state index in [9.17, 15) is 40.5 Å². The molecule has 1 saturated heterocycles. The molecular weight excluding hydrogens is 428 g/mol. The van der Waals surface area contributed by atoms with E-state index >= 15 is 0 Å². The van der Waals surface area contributed by atoms with Crippen LogP contribution in [-0.4, -0.2) is 73.1 Å². The van der Waals surface area contributed by atoms with Gasteiger partial charge in [0, 0.05) is 12.1 Å². The van der Waals surface area contributed by atoms with E-state index in [1.165, 1.54) is 12.1 Å². The van der Waals surface area contributed by atoms with Crippen LogP contribution in [0.25, 0.3) is 22.3 Å². The molecule has 1 aliphatic rings. The minimum absolute atomic E-state index is 0.0970. The zero-order valence-corrected chi connectivity index (χ0v) is 16.3. The monoisotopic (exact) mass is 448 g/mol. The predicted octanol–water partition coefficient (Wildman–Crippen LogP) is -0.245. The molecule has 0 bridgehead atoms. The molecule has 11 heteroatoms. The minimum Gasteiger partial charge on any atom is -0.507 e. The van der Waals surface area contributed by atoms with Gasteiger partial charge in [0.25, 0.3) is 0 Å². The van der Waals surface area contributed by atoms with Crippen molar-refractivity contribution in [3.05, 3.63) is 46.6 Å². The Balaban J connectivity index is 1.79. The van der Waals surface area contributed by atoms with Crippen molar-refractivity contribution in [2.75, 3.05) is 6.61 Å². The molecule has 0 radical (unpaired) electrons. The van der Waals surface area contributed by atoms with Gasteiger partial charge in [0.05, 0.1) is 12.2 Å². The molecule has 2 aromatic carbocycles. The summed E-state index contributed by atoms with van der Waals surface area (Å²) in [7, 11) is 0. The van der Waals surface area contributed by atoms with Gasteiger partial charge < -0.3 is 49.6 Å². The predicted molar refractivity (Wildman–Crippen MR) is 107 cm³/mol. The van der Waals surface area contributed by atoms with Gasteiger partial charge in [-0.3, -0.25) is 4.79 Å². The second-order valence-electron chi connectivity index (χ2n) is 7.25. The number of hydrogen-bond donors (Lipinski definition) is 7. The van der Waals surface area contributed by atoms with Crippen LogP contribution in [0.15, 0.2) is 45.6 Å². The summed E-state index contributed by atoms with van der Waals surface area (Å²) in [4.78, 5) is 12.6. The summed E-state index contributed by atoms with van der Waals surface area (Å²) in [6.45, 7) is -0.696. The number of ether oxygens (including phenoxy) is 2. The molecule has 3 aromatic rings. The number of benzene rings is 2. The Morgan fingerprint density at radius 2 is 1.66 bits per heavy atom. The molecule has 1 fully saturated rings. The first-order chi connectivity index (χ1) is 15.2. The van der Waals surface area contributed by atoms with E-state index in [2.05, 4.69) is 0 Å². The average Bonchev–Trinajstić information content (AvgIpc) is 2.77. The van der Waals surface area contributed by atoms with E-state index in [1.807, 2.05) is 0 Å². The Bertz CT molecular complexity index is 1200. The van der Waals surface area contributed by atoms with E-state index in [1.54, 1.807) is 12.1 Å². The molecule has 7 N–H and O–H groups in total. The zero-order valence-electron chi connectivity index (χ0n) is 16.3. The minimum atomic E-state index is -1.77. The molecule has 32 heavy (non-hydrogen) atoms. The lowest BCUT2D eigenvalue weighted by Crippen LogP contribution is -2.60. The quantitative estimate of drug-likeness (QED) is 0.261. The molecule has 170 valence electrons. The lowest BCUT2D eigenvalue weighted by molar-refractivity contribution is -0.277. The van der Waals surface area contributed by atoms with E-state index < -0.39 is 65.6 Å². The number of phenols is 3. The van der Waals surface area contributed by atoms with Crippen molar-refractivity contribution in [3.8, 4) is 34.3 Å². The fraction of sp³-hybridized carbons (Fsp3) is 0.286. The van der Waals surface area contributed by atoms with Crippen LogP contribution >= 0.6 is 0 Å². The molecule has 5 atom stereocenters. The van der Waals surface area contributed by atoms with Crippen molar-refractivity contribution in [3.63, 3.8) is 0 Å². The third-order valence-corrected chi connectivity index (χ3v) is 5.18. The Morgan fingerprint density at radius 1 is 0.938 bits per heavy atom. The number of aromatic hydroxyl groups is 3. The fourth-order valence-electron chi connectivity index (χ4n) is 3.47. The number of rotatable bonds is 4. The third kappa shape index (κ3) is 3.61. The first-order valence-electron chi connectivity index (χ1n) is 9.51. The van der Waals surface area contributed by atoms with Crippen LogP contribution in [0.2, 0.25) is 0 Å². The smallest absolute Gasteiger partial charge is 0.229 e. The van der Waals surface area contributed by atoms with Crippen LogP contribution in [0.1, 0.15) is 0 Å². The number of aliphatic hydroxyl groups excluding tert-OH is 4. The lowest BCUT2D eigenvalue weighted by atomic mass is 9.99. The first kappa shape index (κ1) is 21.9. The average molecular weight is 448 g/mol. The molecule has 1 aliphatic heterocycles. The summed E-state index contributed by atoms with van der Waals surface area (Å²) in [6.07, 6.45) is -8.04. The van der Waals surface area contributed by atoms with Gasteiger partial charge in [0.1, 0.15) is 47.1 Å². The Kier molecular flexibility index (Phi) is 5.67. The summed E-state index contributed by atoms with van der Waals surface area (Å²) in [5.41, 5.74) is -1.02. The van der Waals surface area contributed by atoms with Crippen molar-refractivity contribution < 1.29 is 49.6 Å². The molecule has 0 unspecified atom stereocenters. The number of para-hydroxylation sites is 1. The van der Waals surface area contributed by atoms with Gasteiger partial charge in [-0.1, -0.05) is 12.1 Å². The second-order valence-corrected chi connectivity index (χ2v) is 7.25. The molecular formula is C21H20O11. The van der Waals surface area contributed by atoms with Crippen molar-refractivity contribution in [2.24, 2.45) is 0 Å². The van der Waals surface area contributed by atoms with E-state index in [-0.39, 0.29) is 22.5 Å². The van der Waals surface area contributed by atoms with E-state index in [0.29, 0.717) is 0 Å². The highest BCUT2D eigenvalue weighted by Gasteiger charge is 2.45. The van der Waals surface area contributed by atoms with Gasteiger partial charge in [0.15, 0.2) is 16.8 Å². The maximum absolute atomic E-state index is 12.6. The summed E-state index contributed by atoms with van der Waals surface area (Å²) < 4.78 is 16.2. The molecule has 2 heterocycles. The molecule has 0 amide bonds. The highest BCUT2D eigenvalue weighted by atomic mass is 16.7.